The van der Waals surface area contributed by atoms with E-state index in [4.69, 9.17) is 0 Å². The topological polar surface area (TPSA) is 57.0 Å². The van der Waals surface area contributed by atoms with Crippen LogP contribution in [0.2, 0.25) is 0 Å². The molecule has 0 rings (SSSR count). The molecule has 2 nitrogen and oxygen atoms in total. The van der Waals surface area contributed by atoms with Gasteiger partial charge in [-0.1, -0.05) is 0 Å². The van der Waals surface area contributed by atoms with Crippen LogP contribution in [0, 0.1) is 0 Å². The quantitative estimate of drug-likeness (QED) is 0.554. The Balaban J connectivity index is 0. The molecule has 5 heavy (non-hydrogen) atoms. The summed E-state index contributed by atoms with van der Waals surface area (Å²) in [5, 5.41) is 0. The van der Waals surface area contributed by atoms with Gasteiger partial charge in [-0.05, 0) is 0 Å². The summed E-state index contributed by atoms with van der Waals surface area (Å²) in [7, 11) is 0. The molecule has 0 spiro atoms. The van der Waals surface area contributed by atoms with Gasteiger partial charge < -0.3 is 11.0 Å². The van der Waals surface area contributed by atoms with E-state index in [1.807, 2.05) is 0 Å². The van der Waals surface area contributed by atoms with Crippen molar-refractivity contribution in [2.45, 2.75) is 0 Å². The predicted octanol–water partition coefficient (Wildman–Crippen LogP) is -0.245. The first-order chi connectivity index (χ1) is 0. The van der Waals surface area contributed by atoms with E-state index >= 15 is 0 Å². The Kier molecular flexibility index (Phi) is 462. The molecule has 0 saturated heterocycles. The van der Waals surface area contributed by atoms with Gasteiger partial charge in [-0.25, -0.2) is 0 Å². The SMILES string of the molecule is [Ag+].[Ag+].[O-2].[O-2].[Zn+2]. The van der Waals surface area contributed by atoms with Crippen molar-refractivity contribution in [3.05, 3.63) is 0 Å². The van der Waals surface area contributed by atoms with Crippen LogP contribution in [0.5, 0.6) is 0 Å². The Hall–Kier alpha value is 2.02. The summed E-state index contributed by atoms with van der Waals surface area (Å²) in [6, 6.07) is 0. The Morgan fingerprint density at radius 2 is 0.600 bits per heavy atom. The van der Waals surface area contributed by atoms with Crippen molar-refractivity contribution in [2.24, 2.45) is 0 Å². The molecule has 0 fully saturated rings. The molecular weight excluding hydrogens is 313 g/mol. The van der Waals surface area contributed by atoms with Crippen molar-refractivity contribution in [1.82, 2.24) is 0 Å². The van der Waals surface area contributed by atoms with Crippen molar-refractivity contribution in [3.8, 4) is 0 Å². The Bertz CT molecular complexity index is 7.61. The number of rotatable bonds is 0. The van der Waals surface area contributed by atoms with Crippen LogP contribution in [0.1, 0.15) is 0 Å². The third-order valence-corrected chi connectivity index (χ3v) is 0. The molecule has 0 aromatic heterocycles. The Labute approximate surface area is 74.5 Å². The number of hydrogen-bond donors (Lipinski definition) is 0. The zero-order chi connectivity index (χ0) is 0. The fourth-order valence-corrected chi connectivity index (χ4v) is 0. The third-order valence-electron chi connectivity index (χ3n) is 0. The van der Waals surface area contributed by atoms with Gasteiger partial charge in [0, 0.05) is 0 Å². The van der Waals surface area contributed by atoms with E-state index in [1.54, 1.807) is 0 Å². The van der Waals surface area contributed by atoms with Crippen LogP contribution in [0.25, 0.3) is 0 Å². The van der Waals surface area contributed by atoms with E-state index in [1.165, 1.54) is 0 Å². The maximum absolute atomic E-state index is 0. The summed E-state index contributed by atoms with van der Waals surface area (Å²) >= 11 is 0. The molecule has 0 amide bonds. The van der Waals surface area contributed by atoms with E-state index in [-0.39, 0.29) is 75.2 Å². The van der Waals surface area contributed by atoms with Crippen molar-refractivity contribution >= 4 is 0 Å². The summed E-state index contributed by atoms with van der Waals surface area (Å²) in [6.45, 7) is 0. The molecular formula is Ag2O2Zn. The fourth-order valence-electron chi connectivity index (χ4n) is 0. The second-order valence-electron chi connectivity index (χ2n) is 0. The van der Waals surface area contributed by atoms with Gasteiger partial charge in [0.15, 0.2) is 0 Å². The maximum atomic E-state index is 0. The molecule has 36 valence electrons. The van der Waals surface area contributed by atoms with E-state index in [9.17, 15) is 0 Å². The molecule has 0 atom stereocenters. The van der Waals surface area contributed by atoms with E-state index in [0.29, 0.717) is 0 Å². The van der Waals surface area contributed by atoms with E-state index in [2.05, 4.69) is 0 Å². The van der Waals surface area contributed by atoms with Crippen LogP contribution < -0.4 is 0 Å². The molecule has 0 aliphatic rings. The Morgan fingerprint density at radius 1 is 0.600 bits per heavy atom. The molecule has 0 bridgehead atoms. The van der Waals surface area contributed by atoms with Gasteiger partial charge in [0.1, 0.15) is 0 Å². The van der Waals surface area contributed by atoms with Gasteiger partial charge in [-0.15, -0.1) is 0 Å². The molecule has 0 saturated carbocycles. The molecule has 0 aliphatic carbocycles. The largest absolute Gasteiger partial charge is 2.00 e. The van der Waals surface area contributed by atoms with Crippen LogP contribution >= 0.6 is 0 Å². The molecule has 0 aliphatic heterocycles. The predicted molar refractivity (Wildman–Crippen MR) is 1.37 cm³/mol. The van der Waals surface area contributed by atoms with Crippen LogP contribution in [0.15, 0.2) is 0 Å². The smallest absolute Gasteiger partial charge is 2.00 e. The fraction of sp³-hybridized carbons (Fsp3) is 0. The molecule has 0 aromatic rings. The van der Waals surface area contributed by atoms with Crippen molar-refractivity contribution in [3.63, 3.8) is 0 Å². The van der Waals surface area contributed by atoms with E-state index < -0.39 is 0 Å². The monoisotopic (exact) mass is 310 g/mol. The van der Waals surface area contributed by atoms with Crippen molar-refractivity contribution in [2.75, 3.05) is 0 Å². The Morgan fingerprint density at radius 3 is 0.600 bits per heavy atom. The van der Waals surface area contributed by atoms with Gasteiger partial charge in [0.2, 0.25) is 0 Å². The second-order valence-corrected chi connectivity index (χ2v) is 0. The average Bonchev–Trinajstić information content (AvgIpc) is 0. The first kappa shape index (κ1) is 62.2. The average molecular weight is 313 g/mol. The van der Waals surface area contributed by atoms with Crippen LogP contribution in [0.4, 0.5) is 0 Å². The normalized spacial score (nSPS) is 0. The van der Waals surface area contributed by atoms with Gasteiger partial charge in [0.05, 0.1) is 0 Å². The third kappa shape index (κ3) is 23.8. The summed E-state index contributed by atoms with van der Waals surface area (Å²) in [6.07, 6.45) is 0. The second kappa shape index (κ2) is 37.1. The van der Waals surface area contributed by atoms with E-state index in [0.717, 1.165) is 0 Å². The molecule has 5 heteroatoms. The zero-order valence-electron chi connectivity index (χ0n) is 2.13. The minimum atomic E-state index is 0. The molecule has 0 radical (unpaired) electrons. The van der Waals surface area contributed by atoms with Gasteiger partial charge >= 0.3 is 64.2 Å². The van der Waals surface area contributed by atoms with Crippen LogP contribution in [-0.2, 0) is 75.2 Å². The first-order valence-corrected chi connectivity index (χ1v) is 0. The molecule has 0 unspecified atom stereocenters. The summed E-state index contributed by atoms with van der Waals surface area (Å²) in [5.41, 5.74) is 0. The minimum Gasteiger partial charge on any atom is -2.00 e. The summed E-state index contributed by atoms with van der Waals surface area (Å²) < 4.78 is 0. The molecule has 0 heterocycles. The number of hydrogen-bond acceptors (Lipinski definition) is 0. The summed E-state index contributed by atoms with van der Waals surface area (Å²) in [4.78, 5) is 0. The van der Waals surface area contributed by atoms with Gasteiger partial charge in [-0.3, -0.25) is 0 Å². The van der Waals surface area contributed by atoms with Gasteiger partial charge in [0.25, 0.3) is 0 Å². The molecule has 0 N–H and O–H groups in total. The standard InChI is InChI=1S/2Ag.2O.Zn/q2*+1;2*-2;+2. The van der Waals surface area contributed by atoms with Gasteiger partial charge in [-0.2, -0.15) is 0 Å². The van der Waals surface area contributed by atoms with Crippen LogP contribution in [0.3, 0.4) is 0 Å². The van der Waals surface area contributed by atoms with Crippen molar-refractivity contribution in [1.29, 1.82) is 0 Å². The summed E-state index contributed by atoms with van der Waals surface area (Å²) in [5.74, 6) is 0. The maximum Gasteiger partial charge on any atom is 2.00 e. The van der Waals surface area contributed by atoms with Crippen molar-refractivity contribution < 1.29 is 75.2 Å². The van der Waals surface area contributed by atoms with Crippen LogP contribution in [-0.4, -0.2) is 0 Å². The molecule has 0 aromatic carbocycles. The first-order valence-electron chi connectivity index (χ1n) is 0. The zero-order valence-corrected chi connectivity index (χ0v) is 8.06. The minimum absolute atomic E-state index is 0.